The van der Waals surface area contributed by atoms with E-state index in [9.17, 15) is 9.50 Å². The van der Waals surface area contributed by atoms with E-state index in [1.165, 1.54) is 23.4 Å². The second-order valence-electron chi connectivity index (χ2n) is 5.34. The summed E-state index contributed by atoms with van der Waals surface area (Å²) in [6.07, 6.45) is 6.62. The van der Waals surface area contributed by atoms with Crippen LogP contribution < -0.4 is 0 Å². The van der Waals surface area contributed by atoms with Gasteiger partial charge in [0.1, 0.15) is 23.9 Å². The van der Waals surface area contributed by atoms with Gasteiger partial charge in [0.15, 0.2) is 0 Å². The molecule has 6 heteroatoms. The molecule has 4 nitrogen and oxygen atoms in total. The van der Waals surface area contributed by atoms with E-state index in [2.05, 4.69) is 10.1 Å². The Morgan fingerprint density at radius 1 is 1.43 bits per heavy atom. The molecule has 0 amide bonds. The molecule has 0 bridgehead atoms. The summed E-state index contributed by atoms with van der Waals surface area (Å²) < 4.78 is 16.0. The minimum atomic E-state index is -1.63. The van der Waals surface area contributed by atoms with Gasteiger partial charge in [-0.25, -0.2) is 14.1 Å². The van der Waals surface area contributed by atoms with Gasteiger partial charge in [0.05, 0.1) is 6.54 Å². The largest absolute Gasteiger partial charge is 0.380 e. The van der Waals surface area contributed by atoms with Crippen molar-refractivity contribution in [2.75, 3.05) is 0 Å². The number of alkyl halides is 1. The highest BCUT2D eigenvalue weighted by atomic mass is 35.5. The van der Waals surface area contributed by atoms with E-state index in [0.717, 1.165) is 5.56 Å². The van der Waals surface area contributed by atoms with Crippen molar-refractivity contribution in [1.82, 2.24) is 14.8 Å². The van der Waals surface area contributed by atoms with Crippen LogP contribution in [0.5, 0.6) is 0 Å². The predicted octanol–water partition coefficient (Wildman–Crippen LogP) is 2.88. The predicted molar refractivity (Wildman–Crippen MR) is 78.5 cm³/mol. The number of aromatic nitrogens is 3. The molecule has 1 saturated carbocycles. The van der Waals surface area contributed by atoms with Gasteiger partial charge < -0.3 is 5.11 Å². The normalized spacial score (nSPS) is 19.6. The Hall–Kier alpha value is -1.72. The van der Waals surface area contributed by atoms with Gasteiger partial charge in [0.25, 0.3) is 0 Å². The van der Waals surface area contributed by atoms with Gasteiger partial charge in [-0.05, 0) is 30.5 Å². The first-order valence-corrected chi connectivity index (χ1v) is 7.08. The lowest BCUT2D eigenvalue weighted by Crippen LogP contribution is -2.43. The van der Waals surface area contributed by atoms with Crippen LogP contribution in [0.3, 0.4) is 0 Å². The molecule has 0 spiro atoms. The van der Waals surface area contributed by atoms with E-state index in [-0.39, 0.29) is 6.54 Å². The Kier molecular flexibility index (Phi) is 3.55. The number of hydrogen-bond donors (Lipinski definition) is 1. The Morgan fingerprint density at radius 3 is 2.81 bits per heavy atom. The Labute approximate surface area is 126 Å². The summed E-state index contributed by atoms with van der Waals surface area (Å²) in [7, 11) is 0. The molecule has 0 radical (unpaired) electrons. The summed E-state index contributed by atoms with van der Waals surface area (Å²) in [5.41, 5.74) is -2.50. The summed E-state index contributed by atoms with van der Waals surface area (Å²) in [5.74, 6) is 0. The van der Waals surface area contributed by atoms with Crippen LogP contribution in [0.2, 0.25) is 5.02 Å². The average Bonchev–Trinajstić information content (AvgIpc) is 3.02. The van der Waals surface area contributed by atoms with Crippen LogP contribution in [0.15, 0.2) is 43.0 Å². The molecule has 1 aliphatic rings. The average molecular weight is 308 g/mol. The Bertz CT molecular complexity index is 655. The van der Waals surface area contributed by atoms with Crippen molar-refractivity contribution in [2.45, 2.75) is 30.7 Å². The van der Waals surface area contributed by atoms with Crippen molar-refractivity contribution in [3.05, 3.63) is 53.6 Å². The monoisotopic (exact) mass is 307 g/mol. The number of halogens is 2. The van der Waals surface area contributed by atoms with E-state index in [0.29, 0.717) is 17.9 Å². The van der Waals surface area contributed by atoms with Crippen LogP contribution in [-0.2, 0) is 6.54 Å². The van der Waals surface area contributed by atoms with Crippen LogP contribution in [-0.4, -0.2) is 31.1 Å². The van der Waals surface area contributed by atoms with E-state index >= 15 is 0 Å². The number of hydrogen-bond acceptors (Lipinski definition) is 3. The van der Waals surface area contributed by atoms with Crippen LogP contribution >= 0.6 is 11.6 Å². The van der Waals surface area contributed by atoms with Crippen LogP contribution in [0.1, 0.15) is 18.4 Å². The third-order valence-electron chi connectivity index (χ3n) is 3.78. The van der Waals surface area contributed by atoms with Crippen molar-refractivity contribution in [3.8, 4) is 0 Å². The van der Waals surface area contributed by atoms with Crippen LogP contribution in [0.4, 0.5) is 4.39 Å². The second-order valence-corrected chi connectivity index (χ2v) is 5.74. The molecule has 3 rings (SSSR count). The van der Waals surface area contributed by atoms with Gasteiger partial charge >= 0.3 is 0 Å². The van der Waals surface area contributed by atoms with E-state index < -0.39 is 11.3 Å². The smallest absolute Gasteiger partial charge is 0.145 e. The highest BCUT2D eigenvalue weighted by molar-refractivity contribution is 6.32. The zero-order valence-corrected chi connectivity index (χ0v) is 12.0. The maximum absolute atomic E-state index is 14.5. The minimum Gasteiger partial charge on any atom is -0.380 e. The summed E-state index contributed by atoms with van der Waals surface area (Å²) in [6.45, 7) is 0.0183. The highest BCUT2D eigenvalue weighted by Crippen LogP contribution is 2.50. The van der Waals surface area contributed by atoms with E-state index in [4.69, 9.17) is 11.6 Å². The first-order chi connectivity index (χ1) is 10.0. The molecular weight excluding hydrogens is 293 g/mol. The number of benzene rings is 1. The van der Waals surface area contributed by atoms with Crippen molar-refractivity contribution < 1.29 is 9.50 Å². The molecule has 1 N–H and O–H groups in total. The summed E-state index contributed by atoms with van der Waals surface area (Å²) in [4.78, 5) is 3.81. The van der Waals surface area contributed by atoms with Gasteiger partial charge in [-0.2, -0.15) is 5.10 Å². The molecule has 0 aliphatic heterocycles. The SMILES string of the molecule is OC(C=Cc1ccccc1Cl)(Cn1cncn1)C1(F)CC1. The molecule has 1 heterocycles. The molecular formula is C15H15ClFN3O. The van der Waals surface area contributed by atoms with Gasteiger partial charge in [0, 0.05) is 5.02 Å². The lowest BCUT2D eigenvalue weighted by molar-refractivity contribution is -0.0242. The molecule has 1 unspecified atom stereocenters. The number of nitrogens with zero attached hydrogens (tertiary/aromatic N) is 3. The summed E-state index contributed by atoms with van der Waals surface area (Å²) in [6, 6.07) is 7.22. The molecule has 1 aliphatic carbocycles. The zero-order valence-electron chi connectivity index (χ0n) is 11.3. The maximum atomic E-state index is 14.5. The van der Waals surface area contributed by atoms with Crippen molar-refractivity contribution in [1.29, 1.82) is 0 Å². The standard InChI is InChI=1S/C15H15ClFN3O/c16-13-4-2-1-3-12(13)5-6-15(21,14(17)7-8-14)9-20-11-18-10-19-20/h1-6,10-11,21H,7-9H2. The molecule has 21 heavy (non-hydrogen) atoms. The first kappa shape index (κ1) is 14.2. The van der Waals surface area contributed by atoms with E-state index in [1.54, 1.807) is 12.1 Å². The minimum absolute atomic E-state index is 0.0183. The highest BCUT2D eigenvalue weighted by Gasteiger charge is 2.59. The molecule has 0 saturated heterocycles. The molecule has 110 valence electrons. The Balaban J connectivity index is 1.88. The summed E-state index contributed by atoms with van der Waals surface area (Å²) in [5, 5.41) is 15.2. The third kappa shape index (κ3) is 2.84. The molecule has 1 atom stereocenters. The van der Waals surface area contributed by atoms with Crippen molar-refractivity contribution >= 4 is 17.7 Å². The van der Waals surface area contributed by atoms with Gasteiger partial charge in [-0.1, -0.05) is 35.9 Å². The number of aliphatic hydroxyl groups is 1. The molecule has 1 aromatic heterocycles. The van der Waals surface area contributed by atoms with Gasteiger partial charge in [-0.3, -0.25) is 0 Å². The fraction of sp³-hybridized carbons (Fsp3) is 0.333. The quantitative estimate of drug-likeness (QED) is 0.924. The van der Waals surface area contributed by atoms with Gasteiger partial charge in [-0.15, -0.1) is 0 Å². The zero-order chi connectivity index (χ0) is 14.9. The first-order valence-electron chi connectivity index (χ1n) is 6.70. The second kappa shape index (κ2) is 5.24. The molecule has 1 aromatic carbocycles. The van der Waals surface area contributed by atoms with Gasteiger partial charge in [0.2, 0.25) is 0 Å². The lowest BCUT2D eigenvalue weighted by atomic mass is 9.94. The lowest BCUT2D eigenvalue weighted by Gasteiger charge is -2.28. The van der Waals surface area contributed by atoms with Crippen molar-refractivity contribution in [2.24, 2.45) is 0 Å². The topological polar surface area (TPSA) is 50.9 Å². The maximum Gasteiger partial charge on any atom is 0.145 e. The fourth-order valence-corrected chi connectivity index (χ4v) is 2.48. The molecule has 2 aromatic rings. The third-order valence-corrected chi connectivity index (χ3v) is 4.12. The Morgan fingerprint density at radius 2 is 2.19 bits per heavy atom. The number of rotatable bonds is 5. The summed E-state index contributed by atoms with van der Waals surface area (Å²) >= 11 is 6.07. The molecule has 1 fully saturated rings. The van der Waals surface area contributed by atoms with E-state index in [1.807, 2.05) is 18.2 Å². The van der Waals surface area contributed by atoms with Crippen molar-refractivity contribution in [3.63, 3.8) is 0 Å². The van der Waals surface area contributed by atoms with Crippen LogP contribution in [0, 0.1) is 0 Å². The fourth-order valence-electron chi connectivity index (χ4n) is 2.29. The van der Waals surface area contributed by atoms with Crippen LogP contribution in [0.25, 0.3) is 6.08 Å².